The second-order valence-electron chi connectivity index (χ2n) is 5.37. The van der Waals surface area contributed by atoms with E-state index in [1.807, 2.05) is 31.2 Å². The van der Waals surface area contributed by atoms with Crippen molar-refractivity contribution in [2.75, 3.05) is 13.3 Å². The van der Waals surface area contributed by atoms with Gasteiger partial charge in [0.1, 0.15) is 5.82 Å². The number of rotatable bonds is 5. The SMILES string of the molecule is CCNC(=NCc1cccc(F)c1)NCc1ccc2c(c1)OCO2.I. The molecule has 0 unspecified atom stereocenters. The maximum atomic E-state index is 13.2. The van der Waals surface area contributed by atoms with Crippen molar-refractivity contribution in [2.24, 2.45) is 4.99 Å². The fourth-order valence-corrected chi connectivity index (χ4v) is 2.38. The van der Waals surface area contributed by atoms with Crippen LogP contribution in [0.4, 0.5) is 4.39 Å². The van der Waals surface area contributed by atoms with Crippen LogP contribution in [0.25, 0.3) is 0 Å². The first-order chi connectivity index (χ1) is 11.7. The van der Waals surface area contributed by atoms with Gasteiger partial charge in [-0.05, 0) is 42.3 Å². The van der Waals surface area contributed by atoms with E-state index in [0.29, 0.717) is 19.0 Å². The molecule has 2 aromatic carbocycles. The molecular weight excluding hydrogens is 436 g/mol. The van der Waals surface area contributed by atoms with Gasteiger partial charge in [-0.2, -0.15) is 0 Å². The van der Waals surface area contributed by atoms with Gasteiger partial charge < -0.3 is 20.1 Å². The molecule has 2 N–H and O–H groups in total. The Labute approximate surface area is 163 Å². The average Bonchev–Trinajstić information content (AvgIpc) is 3.05. The Balaban J connectivity index is 0.00000225. The first kappa shape index (κ1) is 19.3. The number of nitrogens with one attached hydrogen (secondary N) is 2. The molecule has 0 saturated carbocycles. The highest BCUT2D eigenvalue weighted by Gasteiger charge is 2.13. The molecule has 0 aromatic heterocycles. The maximum absolute atomic E-state index is 13.2. The number of aliphatic imine (C=N–C) groups is 1. The molecule has 0 saturated heterocycles. The van der Waals surface area contributed by atoms with Gasteiger partial charge in [0.05, 0.1) is 6.54 Å². The van der Waals surface area contributed by atoms with E-state index >= 15 is 0 Å². The summed E-state index contributed by atoms with van der Waals surface area (Å²) in [6.07, 6.45) is 0. The highest BCUT2D eigenvalue weighted by atomic mass is 127. The average molecular weight is 457 g/mol. The van der Waals surface area contributed by atoms with Gasteiger partial charge >= 0.3 is 0 Å². The summed E-state index contributed by atoms with van der Waals surface area (Å²) in [5.41, 5.74) is 1.89. The van der Waals surface area contributed by atoms with E-state index in [2.05, 4.69) is 15.6 Å². The summed E-state index contributed by atoms with van der Waals surface area (Å²) in [6, 6.07) is 12.3. The summed E-state index contributed by atoms with van der Waals surface area (Å²) in [6.45, 7) is 4.03. The number of benzene rings is 2. The number of halogens is 2. The molecule has 25 heavy (non-hydrogen) atoms. The summed E-state index contributed by atoms with van der Waals surface area (Å²) >= 11 is 0. The van der Waals surface area contributed by atoms with Crippen molar-refractivity contribution in [1.82, 2.24) is 10.6 Å². The number of guanidine groups is 1. The van der Waals surface area contributed by atoms with Gasteiger partial charge in [-0.3, -0.25) is 0 Å². The lowest BCUT2D eigenvalue weighted by Gasteiger charge is -2.11. The van der Waals surface area contributed by atoms with Crippen LogP contribution in [0, 0.1) is 5.82 Å². The van der Waals surface area contributed by atoms with E-state index in [1.54, 1.807) is 6.07 Å². The molecule has 134 valence electrons. The van der Waals surface area contributed by atoms with E-state index in [1.165, 1.54) is 12.1 Å². The first-order valence-electron chi connectivity index (χ1n) is 7.90. The Morgan fingerprint density at radius 1 is 1.08 bits per heavy atom. The molecule has 0 spiro atoms. The van der Waals surface area contributed by atoms with Crippen LogP contribution in [0.1, 0.15) is 18.1 Å². The van der Waals surface area contributed by atoms with Gasteiger partial charge in [0.25, 0.3) is 0 Å². The Morgan fingerprint density at radius 2 is 1.92 bits per heavy atom. The predicted molar refractivity (Wildman–Crippen MR) is 106 cm³/mol. The Kier molecular flexibility index (Phi) is 7.30. The van der Waals surface area contributed by atoms with Gasteiger partial charge in [-0.1, -0.05) is 18.2 Å². The molecule has 2 aromatic rings. The molecule has 0 aliphatic carbocycles. The molecule has 7 heteroatoms. The normalized spacial score (nSPS) is 12.5. The third kappa shape index (κ3) is 5.48. The number of fused-ring (bicyclic) bond motifs is 1. The molecule has 1 aliphatic rings. The van der Waals surface area contributed by atoms with E-state index in [0.717, 1.165) is 29.2 Å². The number of hydrogen-bond acceptors (Lipinski definition) is 3. The summed E-state index contributed by atoms with van der Waals surface area (Å²) in [5.74, 6) is 1.96. The maximum Gasteiger partial charge on any atom is 0.231 e. The largest absolute Gasteiger partial charge is 0.454 e. The van der Waals surface area contributed by atoms with Gasteiger partial charge in [0.15, 0.2) is 17.5 Å². The van der Waals surface area contributed by atoms with Crippen molar-refractivity contribution in [3.63, 3.8) is 0 Å². The molecule has 3 rings (SSSR count). The van der Waals surface area contributed by atoms with E-state index in [9.17, 15) is 4.39 Å². The zero-order chi connectivity index (χ0) is 16.8. The molecule has 0 radical (unpaired) electrons. The Hall–Kier alpha value is -2.03. The van der Waals surface area contributed by atoms with Crippen LogP contribution in [0.15, 0.2) is 47.5 Å². The van der Waals surface area contributed by atoms with Crippen LogP contribution in [0.3, 0.4) is 0 Å². The lowest BCUT2D eigenvalue weighted by Crippen LogP contribution is -2.36. The van der Waals surface area contributed by atoms with Crippen molar-refractivity contribution in [2.45, 2.75) is 20.0 Å². The minimum absolute atomic E-state index is 0. The topological polar surface area (TPSA) is 54.9 Å². The Morgan fingerprint density at radius 3 is 2.72 bits per heavy atom. The molecule has 1 heterocycles. The summed E-state index contributed by atoms with van der Waals surface area (Å²) in [5, 5.41) is 6.44. The zero-order valence-electron chi connectivity index (χ0n) is 13.9. The van der Waals surface area contributed by atoms with E-state index in [4.69, 9.17) is 9.47 Å². The van der Waals surface area contributed by atoms with Crippen LogP contribution in [0.5, 0.6) is 11.5 Å². The number of hydrogen-bond donors (Lipinski definition) is 2. The molecule has 1 aliphatic heterocycles. The molecule has 0 amide bonds. The molecule has 5 nitrogen and oxygen atoms in total. The summed E-state index contributed by atoms with van der Waals surface area (Å²) in [4.78, 5) is 4.48. The third-order valence-electron chi connectivity index (χ3n) is 3.55. The lowest BCUT2D eigenvalue weighted by atomic mass is 10.2. The highest BCUT2D eigenvalue weighted by Crippen LogP contribution is 2.32. The lowest BCUT2D eigenvalue weighted by molar-refractivity contribution is 0.174. The molecule has 0 fully saturated rings. The fraction of sp³-hybridized carbons (Fsp3) is 0.278. The second kappa shape index (κ2) is 9.45. The van der Waals surface area contributed by atoms with Crippen LogP contribution < -0.4 is 20.1 Å². The van der Waals surface area contributed by atoms with Crippen LogP contribution in [0.2, 0.25) is 0 Å². The van der Waals surface area contributed by atoms with Crippen molar-refractivity contribution in [1.29, 1.82) is 0 Å². The van der Waals surface area contributed by atoms with Gasteiger partial charge in [-0.25, -0.2) is 9.38 Å². The second-order valence-corrected chi connectivity index (χ2v) is 5.37. The smallest absolute Gasteiger partial charge is 0.231 e. The Bertz CT molecular complexity index is 740. The quantitative estimate of drug-likeness (QED) is 0.411. The summed E-state index contributed by atoms with van der Waals surface area (Å²) < 4.78 is 23.9. The van der Waals surface area contributed by atoms with Crippen molar-refractivity contribution in [3.8, 4) is 11.5 Å². The monoisotopic (exact) mass is 457 g/mol. The molecular formula is C18H21FIN3O2. The molecule has 0 bridgehead atoms. The van der Waals surface area contributed by atoms with Gasteiger partial charge in [-0.15, -0.1) is 24.0 Å². The van der Waals surface area contributed by atoms with Gasteiger partial charge in [0.2, 0.25) is 6.79 Å². The fourth-order valence-electron chi connectivity index (χ4n) is 2.38. The minimum Gasteiger partial charge on any atom is -0.454 e. The minimum atomic E-state index is -0.249. The van der Waals surface area contributed by atoms with Crippen LogP contribution in [-0.2, 0) is 13.1 Å². The van der Waals surface area contributed by atoms with Crippen LogP contribution >= 0.6 is 24.0 Å². The zero-order valence-corrected chi connectivity index (χ0v) is 16.3. The number of ether oxygens (including phenoxy) is 2. The van der Waals surface area contributed by atoms with E-state index in [-0.39, 0.29) is 36.6 Å². The standard InChI is InChI=1S/C18H20FN3O2.HI/c1-2-20-18(21-10-13-4-3-5-15(19)8-13)22-11-14-6-7-16-17(9-14)24-12-23-16;/h3-9H,2,10-12H2,1H3,(H2,20,21,22);1H. The van der Waals surface area contributed by atoms with Crippen molar-refractivity contribution in [3.05, 3.63) is 59.4 Å². The van der Waals surface area contributed by atoms with Crippen molar-refractivity contribution >= 4 is 29.9 Å². The molecule has 0 atom stereocenters. The first-order valence-corrected chi connectivity index (χ1v) is 7.90. The van der Waals surface area contributed by atoms with Gasteiger partial charge in [0, 0.05) is 13.1 Å². The predicted octanol–water partition coefficient (Wildman–Crippen LogP) is 3.43. The summed E-state index contributed by atoms with van der Waals surface area (Å²) in [7, 11) is 0. The number of nitrogens with zero attached hydrogens (tertiary/aromatic N) is 1. The van der Waals surface area contributed by atoms with E-state index < -0.39 is 0 Å². The highest BCUT2D eigenvalue weighted by molar-refractivity contribution is 14.0. The van der Waals surface area contributed by atoms with Crippen LogP contribution in [-0.4, -0.2) is 19.3 Å². The third-order valence-corrected chi connectivity index (χ3v) is 3.55. The van der Waals surface area contributed by atoms with Crippen molar-refractivity contribution < 1.29 is 13.9 Å².